The third kappa shape index (κ3) is 2.63. The highest BCUT2D eigenvalue weighted by Crippen LogP contribution is 2.46. The number of rotatable bonds is 4. The van der Waals surface area contributed by atoms with E-state index >= 15 is 0 Å². The molecule has 1 atom stereocenters. The SMILES string of the molecule is c1ccc(-c2csc3nc(C4CC4)nc(N4CCC[C@H]4c4ncc[nH]4)c23)cc1. The molecule has 1 aliphatic carbocycles. The van der Waals surface area contributed by atoms with Crippen molar-refractivity contribution in [1.29, 1.82) is 0 Å². The molecule has 0 radical (unpaired) electrons. The Bertz CT molecular complexity index is 1110. The van der Waals surface area contributed by atoms with Gasteiger partial charge < -0.3 is 9.88 Å². The molecule has 6 rings (SSSR count). The number of aromatic nitrogens is 4. The summed E-state index contributed by atoms with van der Waals surface area (Å²) in [6, 6.07) is 10.9. The molecule has 0 amide bonds. The summed E-state index contributed by atoms with van der Waals surface area (Å²) < 4.78 is 0. The molecule has 0 unspecified atom stereocenters. The van der Waals surface area contributed by atoms with Crippen LogP contribution >= 0.6 is 11.3 Å². The van der Waals surface area contributed by atoms with Crippen LogP contribution < -0.4 is 4.90 Å². The van der Waals surface area contributed by atoms with E-state index in [0.717, 1.165) is 41.7 Å². The molecule has 6 heteroatoms. The lowest BCUT2D eigenvalue weighted by molar-refractivity contribution is 0.670. The predicted molar refractivity (Wildman–Crippen MR) is 113 cm³/mol. The number of imidazole rings is 1. The normalized spacial score (nSPS) is 19.6. The molecule has 4 heterocycles. The van der Waals surface area contributed by atoms with Gasteiger partial charge in [0, 0.05) is 35.8 Å². The van der Waals surface area contributed by atoms with Crippen LogP contribution in [0.5, 0.6) is 0 Å². The molecule has 1 N–H and O–H groups in total. The number of thiophene rings is 1. The van der Waals surface area contributed by atoms with Crippen LogP contribution in [0.2, 0.25) is 0 Å². The maximum absolute atomic E-state index is 5.14. The van der Waals surface area contributed by atoms with Gasteiger partial charge in [0.05, 0.1) is 11.4 Å². The highest BCUT2D eigenvalue weighted by Gasteiger charge is 2.34. The topological polar surface area (TPSA) is 57.7 Å². The van der Waals surface area contributed by atoms with Crippen molar-refractivity contribution in [2.24, 2.45) is 0 Å². The lowest BCUT2D eigenvalue weighted by Crippen LogP contribution is -2.25. The van der Waals surface area contributed by atoms with Gasteiger partial charge in [-0.25, -0.2) is 15.0 Å². The highest BCUT2D eigenvalue weighted by molar-refractivity contribution is 7.17. The van der Waals surface area contributed by atoms with E-state index in [1.165, 1.54) is 29.4 Å². The molecule has 140 valence electrons. The van der Waals surface area contributed by atoms with Crippen molar-refractivity contribution in [2.75, 3.05) is 11.4 Å². The number of benzene rings is 1. The maximum Gasteiger partial charge on any atom is 0.142 e. The smallest absolute Gasteiger partial charge is 0.142 e. The van der Waals surface area contributed by atoms with Crippen molar-refractivity contribution in [1.82, 2.24) is 19.9 Å². The van der Waals surface area contributed by atoms with Gasteiger partial charge in [-0.3, -0.25) is 0 Å². The zero-order valence-corrected chi connectivity index (χ0v) is 16.3. The summed E-state index contributed by atoms with van der Waals surface area (Å²) in [7, 11) is 0. The van der Waals surface area contributed by atoms with E-state index in [1.807, 2.05) is 12.4 Å². The van der Waals surface area contributed by atoms with Crippen LogP contribution in [-0.2, 0) is 0 Å². The summed E-state index contributed by atoms with van der Waals surface area (Å²) in [4.78, 5) is 21.5. The quantitative estimate of drug-likeness (QED) is 0.516. The van der Waals surface area contributed by atoms with Crippen LogP contribution in [0.3, 0.4) is 0 Å². The first-order valence-corrected chi connectivity index (χ1v) is 10.9. The van der Waals surface area contributed by atoms with Gasteiger partial charge in [-0.05, 0) is 31.2 Å². The number of aromatic amines is 1. The Morgan fingerprint density at radius 1 is 1.07 bits per heavy atom. The summed E-state index contributed by atoms with van der Waals surface area (Å²) in [5.41, 5.74) is 2.47. The Kier molecular flexibility index (Phi) is 3.72. The predicted octanol–water partition coefficient (Wildman–Crippen LogP) is 5.30. The summed E-state index contributed by atoms with van der Waals surface area (Å²) in [5, 5.41) is 3.44. The Morgan fingerprint density at radius 3 is 2.75 bits per heavy atom. The molecule has 1 saturated heterocycles. The number of fused-ring (bicyclic) bond motifs is 1. The van der Waals surface area contributed by atoms with Crippen LogP contribution in [0.1, 0.15) is 49.3 Å². The Balaban J connectivity index is 1.56. The van der Waals surface area contributed by atoms with Gasteiger partial charge in [0.25, 0.3) is 0 Å². The van der Waals surface area contributed by atoms with Crippen molar-refractivity contribution in [3.63, 3.8) is 0 Å². The molecule has 5 nitrogen and oxygen atoms in total. The van der Waals surface area contributed by atoms with Gasteiger partial charge in [0.15, 0.2) is 0 Å². The van der Waals surface area contributed by atoms with Gasteiger partial charge in [-0.1, -0.05) is 30.3 Å². The van der Waals surface area contributed by atoms with Crippen LogP contribution in [0.4, 0.5) is 5.82 Å². The van der Waals surface area contributed by atoms with E-state index in [0.29, 0.717) is 5.92 Å². The Hall–Kier alpha value is -2.73. The lowest BCUT2D eigenvalue weighted by atomic mass is 10.1. The first-order valence-electron chi connectivity index (χ1n) is 9.99. The molecule has 1 aliphatic heterocycles. The molecule has 1 aromatic carbocycles. The summed E-state index contributed by atoms with van der Waals surface area (Å²) in [6.07, 6.45) is 8.43. The third-order valence-electron chi connectivity index (χ3n) is 5.82. The van der Waals surface area contributed by atoms with Gasteiger partial charge in [0.1, 0.15) is 22.3 Å². The molecule has 2 aliphatic rings. The van der Waals surface area contributed by atoms with Crippen LogP contribution in [0.15, 0.2) is 48.1 Å². The van der Waals surface area contributed by atoms with E-state index in [4.69, 9.17) is 9.97 Å². The third-order valence-corrected chi connectivity index (χ3v) is 6.69. The molecular weight excluding hydrogens is 366 g/mol. The zero-order valence-electron chi connectivity index (χ0n) is 15.5. The van der Waals surface area contributed by atoms with E-state index in [1.54, 1.807) is 11.3 Å². The van der Waals surface area contributed by atoms with E-state index < -0.39 is 0 Å². The monoisotopic (exact) mass is 387 g/mol. The zero-order chi connectivity index (χ0) is 18.5. The first kappa shape index (κ1) is 16.2. The van der Waals surface area contributed by atoms with Crippen molar-refractivity contribution in [3.05, 3.63) is 59.8 Å². The minimum atomic E-state index is 0.253. The lowest BCUT2D eigenvalue weighted by Gasteiger charge is -2.26. The summed E-state index contributed by atoms with van der Waals surface area (Å²) >= 11 is 1.74. The second-order valence-electron chi connectivity index (χ2n) is 7.70. The first-order chi connectivity index (χ1) is 13.9. The van der Waals surface area contributed by atoms with E-state index in [-0.39, 0.29) is 6.04 Å². The molecular formula is C22H21N5S. The van der Waals surface area contributed by atoms with Gasteiger partial charge in [0.2, 0.25) is 0 Å². The highest BCUT2D eigenvalue weighted by atomic mass is 32.1. The van der Waals surface area contributed by atoms with E-state index in [9.17, 15) is 0 Å². The van der Waals surface area contributed by atoms with Crippen molar-refractivity contribution in [3.8, 4) is 11.1 Å². The van der Waals surface area contributed by atoms with Gasteiger partial charge in [-0.15, -0.1) is 11.3 Å². The largest absolute Gasteiger partial charge is 0.347 e. The Labute approximate surface area is 167 Å². The van der Waals surface area contributed by atoms with Crippen LogP contribution in [0.25, 0.3) is 21.3 Å². The maximum atomic E-state index is 5.14. The molecule has 1 saturated carbocycles. The minimum absolute atomic E-state index is 0.253. The second-order valence-corrected chi connectivity index (χ2v) is 8.56. The molecule has 4 aromatic rings. The fourth-order valence-corrected chi connectivity index (χ4v) is 5.21. The number of H-pyrrole nitrogens is 1. The summed E-state index contributed by atoms with van der Waals surface area (Å²) in [5.74, 6) is 3.68. The van der Waals surface area contributed by atoms with E-state index in [2.05, 4.69) is 50.6 Å². The molecule has 2 fully saturated rings. The van der Waals surface area contributed by atoms with Crippen molar-refractivity contribution >= 4 is 27.4 Å². The standard InChI is InChI=1S/C22H21N5S/c1-2-5-14(6-3-1)16-13-28-22-18(16)21(25-19(26-22)15-8-9-15)27-12-4-7-17(27)20-23-10-11-24-20/h1-3,5-6,10-11,13,15,17H,4,7-9,12H2,(H,23,24)/t17-/m0/s1. The average molecular weight is 388 g/mol. The number of hydrogen-bond donors (Lipinski definition) is 1. The number of nitrogens with one attached hydrogen (secondary N) is 1. The number of nitrogens with zero attached hydrogens (tertiary/aromatic N) is 4. The van der Waals surface area contributed by atoms with Gasteiger partial charge in [-0.2, -0.15) is 0 Å². The fraction of sp³-hybridized carbons (Fsp3) is 0.318. The molecule has 0 spiro atoms. The molecule has 3 aromatic heterocycles. The second kappa shape index (κ2) is 6.41. The number of hydrogen-bond acceptors (Lipinski definition) is 5. The van der Waals surface area contributed by atoms with Crippen molar-refractivity contribution in [2.45, 2.75) is 37.6 Å². The molecule has 28 heavy (non-hydrogen) atoms. The summed E-state index contributed by atoms with van der Waals surface area (Å²) in [6.45, 7) is 1.01. The van der Waals surface area contributed by atoms with Crippen LogP contribution in [-0.4, -0.2) is 26.5 Å². The Morgan fingerprint density at radius 2 is 1.96 bits per heavy atom. The van der Waals surface area contributed by atoms with Crippen molar-refractivity contribution < 1.29 is 0 Å². The van der Waals surface area contributed by atoms with Crippen LogP contribution in [0, 0.1) is 0 Å². The fourth-order valence-electron chi connectivity index (χ4n) is 4.27. The number of anilines is 1. The average Bonchev–Trinajstić information content (AvgIpc) is 3.14. The minimum Gasteiger partial charge on any atom is -0.347 e. The molecule has 0 bridgehead atoms. The van der Waals surface area contributed by atoms with Gasteiger partial charge >= 0.3 is 0 Å².